The Labute approximate surface area is 125 Å². The molecule has 0 spiro atoms. The minimum Gasteiger partial charge on any atom is -0.307 e. The SMILES string of the molecule is CCCCCCCCCCCCCC[CH2][Mg][Br]. The van der Waals surface area contributed by atoms with E-state index in [9.17, 15) is 0 Å². The molecule has 0 aliphatic rings. The molecule has 0 unspecified atom stereocenters. The van der Waals surface area contributed by atoms with Gasteiger partial charge in [0.15, 0.2) is 0 Å². The lowest BCUT2D eigenvalue weighted by molar-refractivity contribution is 0.542. The molecule has 0 N–H and O–H groups in total. The van der Waals surface area contributed by atoms with Crippen LogP contribution in [0, 0.1) is 0 Å². The summed E-state index contributed by atoms with van der Waals surface area (Å²) in [6.45, 7) is 2.29. The van der Waals surface area contributed by atoms with Crippen molar-refractivity contribution in [3.05, 3.63) is 0 Å². The maximum absolute atomic E-state index is 3.62. The molecule has 0 saturated carbocycles. The molecule has 0 aromatic carbocycles. The predicted octanol–water partition coefficient (Wildman–Crippen LogP) is 6.51. The highest BCUT2D eigenvalue weighted by Gasteiger charge is 1.94. The molecule has 0 fully saturated rings. The van der Waals surface area contributed by atoms with E-state index in [0.717, 1.165) is 0 Å². The monoisotopic (exact) mass is 314 g/mol. The van der Waals surface area contributed by atoms with Gasteiger partial charge in [-0.15, -0.1) is 4.55 Å². The number of rotatable bonds is 14. The van der Waals surface area contributed by atoms with E-state index in [1.54, 1.807) is 0 Å². The third-order valence-electron chi connectivity index (χ3n) is 3.49. The van der Waals surface area contributed by atoms with Crippen LogP contribution < -0.4 is 0 Å². The van der Waals surface area contributed by atoms with Crippen LogP contribution in [0.5, 0.6) is 0 Å². The maximum Gasteiger partial charge on any atom is 0.468 e. The number of hydrogen-bond donors (Lipinski definition) is 0. The Bertz CT molecular complexity index is 114. The Balaban J connectivity index is 2.85. The summed E-state index contributed by atoms with van der Waals surface area (Å²) in [6, 6.07) is 0. The average Bonchev–Trinajstić information content (AvgIpc) is 2.35. The Morgan fingerprint density at radius 2 is 0.941 bits per heavy atom. The number of halogens is 1. The van der Waals surface area contributed by atoms with Crippen molar-refractivity contribution in [2.24, 2.45) is 0 Å². The van der Waals surface area contributed by atoms with Crippen molar-refractivity contribution in [2.45, 2.75) is 94.9 Å². The molecule has 0 atom stereocenters. The van der Waals surface area contributed by atoms with Crippen LogP contribution in [0.4, 0.5) is 0 Å². The first-order valence-corrected chi connectivity index (χ1v) is 12.9. The van der Waals surface area contributed by atoms with Gasteiger partial charge in [0.2, 0.25) is 0 Å². The highest BCUT2D eigenvalue weighted by atomic mass is 79.9. The zero-order valence-corrected chi connectivity index (χ0v) is 15.0. The van der Waals surface area contributed by atoms with Gasteiger partial charge in [0.1, 0.15) is 0 Å². The molecular weight excluding hydrogens is 284 g/mol. The van der Waals surface area contributed by atoms with E-state index in [4.69, 9.17) is 0 Å². The van der Waals surface area contributed by atoms with Gasteiger partial charge >= 0.3 is 18.2 Å². The molecule has 0 nitrogen and oxygen atoms in total. The minimum absolute atomic E-state index is 0.166. The summed E-state index contributed by atoms with van der Waals surface area (Å²) in [7, 11) is 0. The zero-order chi connectivity index (χ0) is 12.6. The molecular formula is C15H31BrMg. The zero-order valence-electron chi connectivity index (χ0n) is 12.0. The molecule has 0 heterocycles. The first-order valence-electron chi connectivity index (χ1n) is 7.97. The topological polar surface area (TPSA) is 0 Å². The lowest BCUT2D eigenvalue weighted by Crippen LogP contribution is -1.83. The fourth-order valence-electron chi connectivity index (χ4n) is 2.29. The van der Waals surface area contributed by atoms with Gasteiger partial charge in [0, 0.05) is 0 Å². The molecule has 0 radical (unpaired) electrons. The third-order valence-corrected chi connectivity index (χ3v) is 5.94. The molecule has 17 heavy (non-hydrogen) atoms. The van der Waals surface area contributed by atoms with Gasteiger partial charge < -0.3 is 12.9 Å². The summed E-state index contributed by atoms with van der Waals surface area (Å²) in [5.41, 5.74) is 0. The van der Waals surface area contributed by atoms with Crippen LogP contribution in [-0.4, -0.2) is 18.2 Å². The molecule has 0 rings (SSSR count). The van der Waals surface area contributed by atoms with Gasteiger partial charge in [-0.2, -0.15) is 0 Å². The predicted molar refractivity (Wildman–Crippen MR) is 85.2 cm³/mol. The molecule has 0 aliphatic heterocycles. The second-order valence-electron chi connectivity index (χ2n) is 5.29. The summed E-state index contributed by atoms with van der Waals surface area (Å²) < 4.78 is 1.50. The normalized spacial score (nSPS) is 10.5. The van der Waals surface area contributed by atoms with Crippen LogP contribution in [0.25, 0.3) is 0 Å². The lowest BCUT2D eigenvalue weighted by atomic mass is 10.1. The largest absolute Gasteiger partial charge is 0.468 e. The standard InChI is InChI=1S/C15H31.BrH.Mg/c1-3-5-7-9-11-13-15-14-12-10-8-6-4-2;;/h1,3-15H2,2H3;1H;/q;;+1/p-1. The third kappa shape index (κ3) is 17.2. The summed E-state index contributed by atoms with van der Waals surface area (Å²) in [5, 5.41) is 0. The van der Waals surface area contributed by atoms with E-state index >= 15 is 0 Å². The highest BCUT2D eigenvalue weighted by molar-refractivity contribution is 9.23. The second kappa shape index (κ2) is 17.2. The first-order chi connectivity index (χ1) is 8.41. The Morgan fingerprint density at radius 3 is 1.29 bits per heavy atom. The average molecular weight is 316 g/mol. The van der Waals surface area contributed by atoms with Crippen LogP contribution in [0.1, 0.15) is 90.4 Å². The summed E-state index contributed by atoms with van der Waals surface area (Å²) in [6.07, 6.45) is 19.1. The molecule has 0 aromatic heterocycles. The molecule has 0 aliphatic carbocycles. The van der Waals surface area contributed by atoms with Crippen LogP contribution >= 0.6 is 12.9 Å². The molecule has 100 valence electrons. The van der Waals surface area contributed by atoms with Crippen molar-refractivity contribution in [2.75, 3.05) is 0 Å². The highest BCUT2D eigenvalue weighted by Crippen LogP contribution is 2.12. The van der Waals surface area contributed by atoms with E-state index in [2.05, 4.69) is 19.8 Å². The summed E-state index contributed by atoms with van der Waals surface area (Å²) in [5.74, 6) is 0. The van der Waals surface area contributed by atoms with Gasteiger partial charge in [0.05, 0.1) is 0 Å². The molecule has 0 aromatic rings. The van der Waals surface area contributed by atoms with E-state index in [0.29, 0.717) is 0 Å². The minimum atomic E-state index is 0.166. The van der Waals surface area contributed by atoms with E-state index in [1.807, 2.05) is 0 Å². The second-order valence-corrected chi connectivity index (χ2v) is 8.75. The van der Waals surface area contributed by atoms with Crippen molar-refractivity contribution in [3.63, 3.8) is 0 Å². The molecule has 2 heteroatoms. The Kier molecular flexibility index (Phi) is 18.5. The van der Waals surface area contributed by atoms with E-state index < -0.39 is 0 Å². The van der Waals surface area contributed by atoms with Crippen molar-refractivity contribution in [3.8, 4) is 0 Å². The van der Waals surface area contributed by atoms with E-state index in [-0.39, 0.29) is 18.2 Å². The fourth-order valence-corrected chi connectivity index (χ4v) is 4.02. The van der Waals surface area contributed by atoms with Gasteiger partial charge in [-0.3, -0.25) is 0 Å². The van der Waals surface area contributed by atoms with Crippen LogP contribution in [0.3, 0.4) is 0 Å². The summed E-state index contributed by atoms with van der Waals surface area (Å²) >= 11 is 3.79. The Morgan fingerprint density at radius 1 is 0.588 bits per heavy atom. The first kappa shape index (κ1) is 18.2. The number of hydrogen-bond acceptors (Lipinski definition) is 0. The molecule has 0 amide bonds. The molecule has 0 bridgehead atoms. The van der Waals surface area contributed by atoms with Crippen LogP contribution in [0.2, 0.25) is 4.55 Å². The van der Waals surface area contributed by atoms with Crippen molar-refractivity contribution in [1.29, 1.82) is 0 Å². The molecule has 0 saturated heterocycles. The van der Waals surface area contributed by atoms with Crippen molar-refractivity contribution < 1.29 is 0 Å². The van der Waals surface area contributed by atoms with Crippen LogP contribution in [-0.2, 0) is 0 Å². The quantitative estimate of drug-likeness (QED) is 0.253. The summed E-state index contributed by atoms with van der Waals surface area (Å²) in [4.78, 5) is 0. The number of unbranched alkanes of at least 4 members (excludes halogenated alkanes) is 12. The fraction of sp³-hybridized carbons (Fsp3) is 1.00. The van der Waals surface area contributed by atoms with Crippen molar-refractivity contribution in [1.82, 2.24) is 0 Å². The lowest BCUT2D eigenvalue weighted by Gasteiger charge is -2.02. The van der Waals surface area contributed by atoms with Crippen molar-refractivity contribution >= 4 is 31.1 Å². The van der Waals surface area contributed by atoms with Crippen LogP contribution in [0.15, 0.2) is 0 Å². The van der Waals surface area contributed by atoms with Gasteiger partial charge in [-0.1, -0.05) is 90.4 Å². The van der Waals surface area contributed by atoms with Gasteiger partial charge in [-0.05, 0) is 0 Å². The van der Waals surface area contributed by atoms with E-state index in [1.165, 1.54) is 88.0 Å². The Hall–Kier alpha value is 1.25. The van der Waals surface area contributed by atoms with Gasteiger partial charge in [-0.25, -0.2) is 0 Å². The maximum atomic E-state index is 3.62. The van der Waals surface area contributed by atoms with Gasteiger partial charge in [0.25, 0.3) is 0 Å². The smallest absolute Gasteiger partial charge is 0.307 e.